The summed E-state index contributed by atoms with van der Waals surface area (Å²) >= 11 is 0. The molecule has 102 valence electrons. The Morgan fingerprint density at radius 1 is 1.28 bits per heavy atom. The molecule has 0 aliphatic carbocycles. The molecule has 1 rings (SSSR count). The van der Waals surface area contributed by atoms with Crippen LogP contribution in [0.3, 0.4) is 0 Å². The van der Waals surface area contributed by atoms with Gasteiger partial charge in [-0.25, -0.2) is 4.98 Å². The molecule has 0 radical (unpaired) electrons. The van der Waals surface area contributed by atoms with Crippen molar-refractivity contribution in [3.05, 3.63) is 18.3 Å². The Labute approximate surface area is 112 Å². The molecule has 0 fully saturated rings. The van der Waals surface area contributed by atoms with Gasteiger partial charge in [0.2, 0.25) is 0 Å². The molecule has 3 heteroatoms. The number of nitrogens with zero attached hydrogens (tertiary/aromatic N) is 2. The van der Waals surface area contributed by atoms with Crippen LogP contribution in [0.1, 0.15) is 47.0 Å². The van der Waals surface area contributed by atoms with Crippen LogP contribution in [0.4, 0.5) is 11.5 Å². The zero-order valence-corrected chi connectivity index (χ0v) is 12.2. The predicted molar refractivity (Wildman–Crippen MR) is 80.4 cm³/mol. The first-order chi connectivity index (χ1) is 8.69. The second kappa shape index (κ2) is 7.96. The number of hydrogen-bond donors (Lipinski definition) is 1. The Morgan fingerprint density at radius 2 is 2.06 bits per heavy atom. The second-order valence-electron chi connectivity index (χ2n) is 4.92. The molecule has 0 aromatic carbocycles. The van der Waals surface area contributed by atoms with Gasteiger partial charge in [-0.2, -0.15) is 0 Å². The molecule has 0 saturated carbocycles. The first kappa shape index (κ1) is 14.8. The van der Waals surface area contributed by atoms with Gasteiger partial charge in [0.05, 0.1) is 0 Å². The van der Waals surface area contributed by atoms with E-state index in [1.807, 2.05) is 6.20 Å². The summed E-state index contributed by atoms with van der Waals surface area (Å²) in [5, 5.41) is 3.27. The number of unbranched alkanes of at least 4 members (excludes halogenated alkanes) is 2. The van der Waals surface area contributed by atoms with Crippen LogP contribution in [0.5, 0.6) is 0 Å². The van der Waals surface area contributed by atoms with Crippen molar-refractivity contribution in [1.82, 2.24) is 4.98 Å². The van der Waals surface area contributed by atoms with Gasteiger partial charge < -0.3 is 10.2 Å². The van der Waals surface area contributed by atoms with Crippen molar-refractivity contribution in [1.29, 1.82) is 0 Å². The number of nitrogens with one attached hydrogen (secondary N) is 1. The van der Waals surface area contributed by atoms with Crippen molar-refractivity contribution in [3.63, 3.8) is 0 Å². The van der Waals surface area contributed by atoms with Gasteiger partial charge in [-0.15, -0.1) is 0 Å². The molecule has 1 N–H and O–H groups in total. The largest absolute Gasteiger partial charge is 0.370 e. The van der Waals surface area contributed by atoms with Gasteiger partial charge in [0, 0.05) is 37.1 Å². The van der Waals surface area contributed by atoms with Crippen molar-refractivity contribution in [2.24, 2.45) is 0 Å². The van der Waals surface area contributed by atoms with Gasteiger partial charge in [-0.05, 0) is 33.3 Å². The van der Waals surface area contributed by atoms with E-state index in [9.17, 15) is 0 Å². The minimum absolute atomic E-state index is 0.527. The standard InChI is InChI=1S/C15H27N3/c1-5-7-8-11-18(13(3)4)14-9-10-17-15(12-14)16-6-2/h9-10,12-13H,5-8,11H2,1-4H3,(H,16,17). The highest BCUT2D eigenvalue weighted by atomic mass is 15.2. The summed E-state index contributed by atoms with van der Waals surface area (Å²) in [6, 6.07) is 4.78. The first-order valence-electron chi connectivity index (χ1n) is 7.15. The van der Waals surface area contributed by atoms with Crippen LogP contribution in [0.2, 0.25) is 0 Å². The number of rotatable bonds is 8. The summed E-state index contributed by atoms with van der Waals surface area (Å²) in [6.07, 6.45) is 5.72. The fourth-order valence-electron chi connectivity index (χ4n) is 2.09. The lowest BCUT2D eigenvalue weighted by atomic mass is 10.2. The lowest BCUT2D eigenvalue weighted by Crippen LogP contribution is -2.31. The average molecular weight is 249 g/mol. The summed E-state index contributed by atoms with van der Waals surface area (Å²) in [5.74, 6) is 0.969. The summed E-state index contributed by atoms with van der Waals surface area (Å²) < 4.78 is 0. The Kier molecular flexibility index (Phi) is 6.55. The Hall–Kier alpha value is -1.25. The Balaban J connectivity index is 2.74. The molecule has 0 aliphatic heterocycles. The third-order valence-corrected chi connectivity index (χ3v) is 3.06. The maximum absolute atomic E-state index is 4.33. The van der Waals surface area contributed by atoms with Gasteiger partial charge in [-0.3, -0.25) is 0 Å². The highest BCUT2D eigenvalue weighted by Gasteiger charge is 2.10. The van der Waals surface area contributed by atoms with Crippen LogP contribution >= 0.6 is 0 Å². The van der Waals surface area contributed by atoms with Crippen LogP contribution in [0.25, 0.3) is 0 Å². The van der Waals surface area contributed by atoms with E-state index in [0.717, 1.165) is 18.9 Å². The molecule has 3 nitrogen and oxygen atoms in total. The van der Waals surface area contributed by atoms with Crippen molar-refractivity contribution >= 4 is 11.5 Å². The summed E-state index contributed by atoms with van der Waals surface area (Å²) in [6.45, 7) is 10.9. The molecule has 1 aromatic rings. The van der Waals surface area contributed by atoms with Crippen LogP contribution < -0.4 is 10.2 Å². The van der Waals surface area contributed by atoms with Gasteiger partial charge in [0.15, 0.2) is 0 Å². The molecule has 0 saturated heterocycles. The van der Waals surface area contributed by atoms with Gasteiger partial charge in [0.25, 0.3) is 0 Å². The van der Waals surface area contributed by atoms with Crippen LogP contribution in [0, 0.1) is 0 Å². The molecule has 18 heavy (non-hydrogen) atoms. The van der Waals surface area contributed by atoms with E-state index >= 15 is 0 Å². The van der Waals surface area contributed by atoms with E-state index < -0.39 is 0 Å². The molecule has 0 bridgehead atoms. The second-order valence-corrected chi connectivity index (χ2v) is 4.92. The highest BCUT2D eigenvalue weighted by Crippen LogP contribution is 2.20. The lowest BCUT2D eigenvalue weighted by molar-refractivity contribution is 0.626. The molecule has 1 heterocycles. The number of anilines is 2. The van der Waals surface area contributed by atoms with Crippen molar-refractivity contribution in [3.8, 4) is 0 Å². The number of hydrogen-bond acceptors (Lipinski definition) is 3. The Bertz CT molecular complexity index is 336. The normalized spacial score (nSPS) is 10.7. The van der Waals surface area contributed by atoms with Gasteiger partial charge >= 0.3 is 0 Å². The zero-order valence-electron chi connectivity index (χ0n) is 12.2. The van der Waals surface area contributed by atoms with Crippen LogP contribution in [-0.2, 0) is 0 Å². The molecule has 0 atom stereocenters. The van der Waals surface area contributed by atoms with E-state index in [-0.39, 0.29) is 0 Å². The van der Waals surface area contributed by atoms with E-state index in [0.29, 0.717) is 6.04 Å². The minimum atomic E-state index is 0.527. The average Bonchev–Trinajstić information content (AvgIpc) is 2.35. The first-order valence-corrected chi connectivity index (χ1v) is 7.15. The smallest absolute Gasteiger partial charge is 0.127 e. The van der Waals surface area contributed by atoms with E-state index in [1.54, 1.807) is 0 Å². The monoisotopic (exact) mass is 249 g/mol. The highest BCUT2D eigenvalue weighted by molar-refractivity contribution is 5.54. The van der Waals surface area contributed by atoms with Gasteiger partial charge in [0.1, 0.15) is 5.82 Å². The van der Waals surface area contributed by atoms with Crippen molar-refractivity contribution in [2.75, 3.05) is 23.3 Å². The third-order valence-electron chi connectivity index (χ3n) is 3.06. The fourth-order valence-corrected chi connectivity index (χ4v) is 2.09. The molecule has 0 aliphatic rings. The molecular formula is C15H27N3. The summed E-state index contributed by atoms with van der Waals surface area (Å²) in [4.78, 5) is 6.79. The van der Waals surface area contributed by atoms with Gasteiger partial charge in [-0.1, -0.05) is 19.8 Å². The number of aromatic nitrogens is 1. The maximum atomic E-state index is 4.33. The molecule has 1 aromatic heterocycles. The van der Waals surface area contributed by atoms with Crippen LogP contribution in [0.15, 0.2) is 18.3 Å². The summed E-state index contributed by atoms with van der Waals surface area (Å²) in [7, 11) is 0. The Morgan fingerprint density at radius 3 is 2.67 bits per heavy atom. The SMILES string of the molecule is CCCCCN(c1ccnc(NCC)c1)C(C)C. The van der Waals surface area contributed by atoms with E-state index in [2.05, 4.69) is 55.0 Å². The quantitative estimate of drug-likeness (QED) is 0.708. The van der Waals surface area contributed by atoms with Crippen molar-refractivity contribution < 1.29 is 0 Å². The maximum Gasteiger partial charge on any atom is 0.127 e. The fraction of sp³-hybridized carbons (Fsp3) is 0.667. The van der Waals surface area contributed by atoms with Crippen molar-refractivity contribution in [2.45, 2.75) is 53.0 Å². The molecular weight excluding hydrogens is 222 g/mol. The molecule has 0 spiro atoms. The third kappa shape index (κ3) is 4.55. The molecule has 0 unspecified atom stereocenters. The minimum Gasteiger partial charge on any atom is -0.370 e. The summed E-state index contributed by atoms with van der Waals surface area (Å²) in [5.41, 5.74) is 1.27. The topological polar surface area (TPSA) is 28.2 Å². The molecule has 0 amide bonds. The van der Waals surface area contributed by atoms with Crippen LogP contribution in [-0.4, -0.2) is 24.1 Å². The number of pyridine rings is 1. The predicted octanol–water partition coefficient (Wildman–Crippen LogP) is 3.92. The van der Waals surface area contributed by atoms with E-state index in [4.69, 9.17) is 0 Å². The van der Waals surface area contributed by atoms with E-state index in [1.165, 1.54) is 24.9 Å². The zero-order chi connectivity index (χ0) is 13.4. The lowest BCUT2D eigenvalue weighted by Gasteiger charge is -2.29.